The monoisotopic (exact) mass is 414 g/mol. The van der Waals surface area contributed by atoms with Gasteiger partial charge >= 0.3 is 0 Å². The number of fused-ring (bicyclic) bond motifs is 2. The van der Waals surface area contributed by atoms with Crippen LogP contribution in [0.1, 0.15) is 24.8 Å². The zero-order chi connectivity index (χ0) is 20.8. The number of amides is 1. The molecule has 0 bridgehead atoms. The lowest BCUT2D eigenvalue weighted by Crippen LogP contribution is -2.54. The molecule has 3 aliphatic rings. The predicted octanol–water partition coefficient (Wildman–Crippen LogP) is 4.05. The Morgan fingerprint density at radius 3 is 2.55 bits per heavy atom. The molecule has 1 aliphatic carbocycles. The van der Waals surface area contributed by atoms with E-state index in [1.54, 1.807) is 0 Å². The smallest absolute Gasteiger partial charge is 0.230 e. The van der Waals surface area contributed by atoms with Crippen LogP contribution in [0, 0.1) is 5.92 Å². The summed E-state index contributed by atoms with van der Waals surface area (Å²) in [5.41, 5.74) is 5.02. The molecule has 2 aliphatic heterocycles. The Morgan fingerprint density at radius 1 is 0.903 bits per heavy atom. The molecule has 1 saturated heterocycles. The van der Waals surface area contributed by atoms with Crippen molar-refractivity contribution in [2.75, 3.05) is 42.5 Å². The second-order valence-electron chi connectivity index (χ2n) is 9.31. The molecule has 3 aromatic rings. The Balaban J connectivity index is 1.16. The highest BCUT2D eigenvalue weighted by molar-refractivity contribution is 5.98. The fraction of sp³-hybridized carbons (Fsp3) is 0.423. The number of anilines is 2. The highest BCUT2D eigenvalue weighted by atomic mass is 16.2. The SMILES string of the molecule is O=C(C1CC1)N1c2ccccc2CCC1CN1CCN(c2cccc3[nH]ccc23)CC1. The van der Waals surface area contributed by atoms with Crippen LogP contribution in [0.2, 0.25) is 0 Å². The zero-order valence-electron chi connectivity index (χ0n) is 18.0. The molecule has 31 heavy (non-hydrogen) atoms. The van der Waals surface area contributed by atoms with Gasteiger partial charge < -0.3 is 14.8 Å². The van der Waals surface area contributed by atoms with E-state index in [1.807, 2.05) is 6.20 Å². The van der Waals surface area contributed by atoms with Gasteiger partial charge in [-0.2, -0.15) is 0 Å². The highest BCUT2D eigenvalue weighted by Crippen LogP contribution is 2.38. The first-order valence-corrected chi connectivity index (χ1v) is 11.7. The van der Waals surface area contributed by atoms with Crippen LogP contribution in [0.15, 0.2) is 54.7 Å². The molecule has 1 unspecified atom stereocenters. The van der Waals surface area contributed by atoms with Crippen molar-refractivity contribution < 1.29 is 4.79 Å². The number of carbonyl (C=O) groups is 1. The fourth-order valence-corrected chi connectivity index (χ4v) is 5.42. The van der Waals surface area contributed by atoms with Gasteiger partial charge in [0, 0.05) is 73.2 Å². The van der Waals surface area contributed by atoms with Gasteiger partial charge in [0.1, 0.15) is 0 Å². The van der Waals surface area contributed by atoms with Crippen LogP contribution < -0.4 is 9.80 Å². The summed E-state index contributed by atoms with van der Waals surface area (Å²) < 4.78 is 0. The summed E-state index contributed by atoms with van der Waals surface area (Å²) in [6, 6.07) is 17.5. The van der Waals surface area contributed by atoms with Gasteiger partial charge in [0.15, 0.2) is 0 Å². The third-order valence-corrected chi connectivity index (χ3v) is 7.28. The van der Waals surface area contributed by atoms with Gasteiger partial charge in [-0.05, 0) is 55.5 Å². The van der Waals surface area contributed by atoms with Crippen molar-refractivity contribution in [1.29, 1.82) is 0 Å². The van der Waals surface area contributed by atoms with Gasteiger partial charge in [-0.3, -0.25) is 9.69 Å². The van der Waals surface area contributed by atoms with Crippen molar-refractivity contribution in [2.24, 2.45) is 5.92 Å². The van der Waals surface area contributed by atoms with Crippen LogP contribution in [0.5, 0.6) is 0 Å². The van der Waals surface area contributed by atoms with Crippen LogP contribution in [0.25, 0.3) is 10.9 Å². The van der Waals surface area contributed by atoms with E-state index in [4.69, 9.17) is 0 Å². The van der Waals surface area contributed by atoms with Crippen molar-refractivity contribution >= 4 is 28.2 Å². The first-order chi connectivity index (χ1) is 15.3. The standard InChI is InChI=1S/C26H30N4O/c31-26(20-8-9-20)30-21(11-10-19-4-1-2-6-24(19)30)18-28-14-16-29(17-15-28)25-7-3-5-23-22(25)12-13-27-23/h1-7,12-13,20-21,27H,8-11,14-18H2. The molecule has 2 aromatic carbocycles. The second-order valence-corrected chi connectivity index (χ2v) is 9.31. The maximum absolute atomic E-state index is 13.2. The summed E-state index contributed by atoms with van der Waals surface area (Å²) in [7, 11) is 0. The molecule has 1 N–H and O–H groups in total. The number of aromatic amines is 1. The molecule has 1 aromatic heterocycles. The number of aryl methyl sites for hydroxylation is 1. The van der Waals surface area contributed by atoms with Crippen molar-refractivity contribution in [1.82, 2.24) is 9.88 Å². The molecule has 1 saturated carbocycles. The third kappa shape index (κ3) is 3.51. The number of carbonyl (C=O) groups excluding carboxylic acids is 1. The Morgan fingerprint density at radius 2 is 1.71 bits per heavy atom. The number of hydrogen-bond acceptors (Lipinski definition) is 3. The molecule has 5 heteroatoms. The Kier molecular flexibility index (Phi) is 4.72. The van der Waals surface area contributed by atoms with Crippen LogP contribution in [0.3, 0.4) is 0 Å². The second kappa shape index (κ2) is 7.72. The van der Waals surface area contributed by atoms with E-state index < -0.39 is 0 Å². The molecular weight excluding hydrogens is 384 g/mol. The molecule has 2 fully saturated rings. The lowest BCUT2D eigenvalue weighted by molar-refractivity contribution is -0.120. The minimum atomic E-state index is 0.257. The van der Waals surface area contributed by atoms with Crippen molar-refractivity contribution in [2.45, 2.75) is 31.7 Å². The summed E-state index contributed by atoms with van der Waals surface area (Å²) in [4.78, 5) is 23.8. The quantitative estimate of drug-likeness (QED) is 0.700. The van der Waals surface area contributed by atoms with Crippen LogP contribution in [-0.2, 0) is 11.2 Å². The molecule has 1 atom stereocenters. The number of benzene rings is 2. The molecular formula is C26H30N4O. The van der Waals surface area contributed by atoms with E-state index in [0.717, 1.165) is 64.1 Å². The molecule has 1 amide bonds. The highest BCUT2D eigenvalue weighted by Gasteiger charge is 2.40. The summed E-state index contributed by atoms with van der Waals surface area (Å²) in [6.07, 6.45) is 6.29. The topological polar surface area (TPSA) is 42.6 Å². The Hall–Kier alpha value is -2.79. The van der Waals surface area contributed by atoms with E-state index >= 15 is 0 Å². The number of nitrogens with one attached hydrogen (secondary N) is 1. The van der Waals surface area contributed by atoms with Crippen molar-refractivity contribution in [3.8, 4) is 0 Å². The molecule has 0 spiro atoms. The van der Waals surface area contributed by atoms with Crippen molar-refractivity contribution in [3.05, 3.63) is 60.3 Å². The van der Waals surface area contributed by atoms with Crippen LogP contribution >= 0.6 is 0 Å². The lowest BCUT2D eigenvalue weighted by atomic mass is 9.94. The maximum atomic E-state index is 13.2. The van der Waals surface area contributed by atoms with E-state index in [1.165, 1.54) is 22.2 Å². The first kappa shape index (κ1) is 18.9. The van der Waals surface area contributed by atoms with Gasteiger partial charge in [0.05, 0.1) is 0 Å². The van der Waals surface area contributed by atoms with Gasteiger partial charge in [-0.15, -0.1) is 0 Å². The van der Waals surface area contributed by atoms with Crippen molar-refractivity contribution in [3.63, 3.8) is 0 Å². The minimum Gasteiger partial charge on any atom is -0.368 e. The number of aromatic nitrogens is 1. The number of hydrogen-bond donors (Lipinski definition) is 1. The predicted molar refractivity (Wildman–Crippen MR) is 126 cm³/mol. The summed E-state index contributed by atoms with van der Waals surface area (Å²) in [5, 5.41) is 1.31. The van der Waals surface area contributed by atoms with Gasteiger partial charge in [0.25, 0.3) is 0 Å². The van der Waals surface area contributed by atoms with E-state index in [2.05, 4.69) is 68.2 Å². The Bertz CT molecular complexity index is 1090. The van der Waals surface area contributed by atoms with Crippen LogP contribution in [0.4, 0.5) is 11.4 Å². The first-order valence-electron chi connectivity index (χ1n) is 11.7. The van der Waals surface area contributed by atoms with Gasteiger partial charge in [-0.1, -0.05) is 24.3 Å². The maximum Gasteiger partial charge on any atom is 0.230 e. The van der Waals surface area contributed by atoms with E-state index in [0.29, 0.717) is 11.9 Å². The third-order valence-electron chi connectivity index (χ3n) is 7.28. The van der Waals surface area contributed by atoms with E-state index in [-0.39, 0.29) is 5.92 Å². The zero-order valence-corrected chi connectivity index (χ0v) is 18.0. The average molecular weight is 415 g/mol. The largest absolute Gasteiger partial charge is 0.368 e. The normalized spacial score (nSPS) is 22.0. The molecule has 5 nitrogen and oxygen atoms in total. The lowest BCUT2D eigenvalue weighted by Gasteiger charge is -2.42. The fourth-order valence-electron chi connectivity index (χ4n) is 5.42. The minimum absolute atomic E-state index is 0.257. The number of H-pyrrole nitrogens is 1. The summed E-state index contributed by atoms with van der Waals surface area (Å²) in [6.45, 7) is 5.14. The number of piperazine rings is 1. The molecule has 160 valence electrons. The summed E-state index contributed by atoms with van der Waals surface area (Å²) in [5.74, 6) is 0.613. The summed E-state index contributed by atoms with van der Waals surface area (Å²) >= 11 is 0. The van der Waals surface area contributed by atoms with E-state index in [9.17, 15) is 4.79 Å². The number of rotatable bonds is 4. The molecule has 0 radical (unpaired) electrons. The molecule has 3 heterocycles. The average Bonchev–Trinajstić information content (AvgIpc) is 3.55. The van der Waals surface area contributed by atoms with Crippen LogP contribution in [-0.4, -0.2) is 54.6 Å². The number of nitrogens with zero attached hydrogens (tertiary/aromatic N) is 3. The van der Waals surface area contributed by atoms with Gasteiger partial charge in [-0.25, -0.2) is 0 Å². The Labute approximate surface area is 183 Å². The van der Waals surface area contributed by atoms with Gasteiger partial charge in [0.2, 0.25) is 5.91 Å². The number of para-hydroxylation sites is 1. The molecule has 6 rings (SSSR count).